The molecule has 0 amide bonds. The van der Waals surface area contributed by atoms with Crippen LogP contribution < -0.4 is 5.73 Å². The highest BCUT2D eigenvalue weighted by atomic mass is 31.2. The summed E-state index contributed by atoms with van der Waals surface area (Å²) in [5.74, 6) is -0.801. The van der Waals surface area contributed by atoms with Crippen LogP contribution in [0.3, 0.4) is 0 Å². The molecule has 0 fully saturated rings. The first-order chi connectivity index (χ1) is 48.8. The highest BCUT2D eigenvalue weighted by Gasteiger charge is 2.26. The van der Waals surface area contributed by atoms with Crippen LogP contribution in [0.15, 0.2) is 60.8 Å². The molecule has 0 radical (unpaired) electrons. The lowest BCUT2D eigenvalue weighted by Crippen LogP contribution is -2.29. The minimum atomic E-state index is -4.40. The molecule has 0 saturated carbocycles. The number of phosphoric ester groups is 1. The van der Waals surface area contributed by atoms with Crippen molar-refractivity contribution in [1.82, 2.24) is 0 Å². The van der Waals surface area contributed by atoms with Gasteiger partial charge in [0, 0.05) is 19.4 Å². The maximum absolute atomic E-state index is 12.8. The molecule has 2 unspecified atom stereocenters. The fourth-order valence-corrected chi connectivity index (χ4v) is 14.3. The van der Waals surface area contributed by atoms with Gasteiger partial charge in [-0.25, -0.2) is 4.57 Å². The summed E-state index contributed by atoms with van der Waals surface area (Å²) in [6.07, 6.45) is 113. The molecule has 0 aromatic carbocycles. The number of carbonyl (C=O) groups excluding carboxylic acids is 2. The molecule has 0 spiro atoms. The zero-order valence-corrected chi connectivity index (χ0v) is 66.9. The van der Waals surface area contributed by atoms with Crippen molar-refractivity contribution in [2.75, 3.05) is 26.4 Å². The predicted molar refractivity (Wildman–Crippen MR) is 432 cm³/mol. The van der Waals surface area contributed by atoms with Crippen molar-refractivity contribution >= 4 is 19.8 Å². The number of allylic oxidation sites excluding steroid dienone is 10. The minimum absolute atomic E-state index is 0.0557. The van der Waals surface area contributed by atoms with E-state index in [0.29, 0.717) is 6.42 Å². The van der Waals surface area contributed by atoms with Crippen LogP contribution in [0, 0.1) is 0 Å². The molecule has 0 bridgehead atoms. The third kappa shape index (κ3) is 84.5. The van der Waals surface area contributed by atoms with Crippen molar-refractivity contribution < 1.29 is 37.6 Å². The van der Waals surface area contributed by atoms with Gasteiger partial charge < -0.3 is 20.1 Å². The van der Waals surface area contributed by atoms with Crippen LogP contribution in [0.2, 0.25) is 0 Å². The standard InChI is InChI=1S/C89H168NO8P/c1-3-5-7-9-11-13-15-17-19-21-23-25-27-29-31-33-35-37-39-41-42-43-44-46-47-49-51-53-55-57-59-61-63-65-67-69-71-73-75-77-79-81-88(91)95-85-87(86-97-99(93,94)96-84-83-90)98-89(92)82-80-78-76-74-72-70-68-66-64-62-60-58-56-54-52-50-48-45-40-38-36-34-32-30-28-26-24-22-20-18-16-14-12-10-8-6-4-2/h6,8,12,14,18,20,24,26,30,32,87H,3-5,7,9-11,13,15-17,19,21-23,25,27-29,31,33-86,90H2,1-2H3,(H,93,94)/b8-6-,14-12-,20-18-,26-24-,32-30-. The second-order valence-electron chi connectivity index (χ2n) is 29.7. The first-order valence-corrected chi connectivity index (χ1v) is 45.3. The molecule has 0 heterocycles. The Hall–Kier alpha value is -2.29. The van der Waals surface area contributed by atoms with Crippen molar-refractivity contribution in [2.45, 2.75) is 469 Å². The molecule has 0 aliphatic heterocycles. The Labute approximate surface area is 616 Å². The number of ether oxygens (including phenoxy) is 2. The molecule has 3 N–H and O–H groups in total. The Balaban J connectivity index is 3.70. The summed E-state index contributed by atoms with van der Waals surface area (Å²) in [5, 5.41) is 0. The molecule has 0 aliphatic carbocycles. The average Bonchev–Trinajstić information content (AvgIpc) is 1.64. The minimum Gasteiger partial charge on any atom is -0.462 e. The third-order valence-electron chi connectivity index (χ3n) is 19.9. The molecule has 2 atom stereocenters. The number of hydrogen-bond donors (Lipinski definition) is 2. The van der Waals surface area contributed by atoms with Gasteiger partial charge in [-0.1, -0.05) is 453 Å². The fraction of sp³-hybridized carbons (Fsp3) is 0.865. The van der Waals surface area contributed by atoms with Gasteiger partial charge in [-0.3, -0.25) is 18.6 Å². The zero-order chi connectivity index (χ0) is 71.5. The lowest BCUT2D eigenvalue weighted by Gasteiger charge is -2.19. The topological polar surface area (TPSA) is 134 Å². The molecule has 99 heavy (non-hydrogen) atoms. The molecule has 582 valence electrons. The van der Waals surface area contributed by atoms with E-state index < -0.39 is 26.5 Å². The van der Waals surface area contributed by atoms with E-state index in [1.165, 1.54) is 366 Å². The van der Waals surface area contributed by atoms with Gasteiger partial charge in [-0.15, -0.1) is 0 Å². The Morgan fingerprint density at radius 2 is 0.556 bits per heavy atom. The summed E-state index contributed by atoms with van der Waals surface area (Å²) < 4.78 is 33.3. The van der Waals surface area contributed by atoms with Crippen molar-refractivity contribution in [2.24, 2.45) is 5.73 Å². The monoisotopic (exact) mass is 1410 g/mol. The van der Waals surface area contributed by atoms with Gasteiger partial charge in [0.25, 0.3) is 0 Å². The Morgan fingerprint density at radius 1 is 0.313 bits per heavy atom. The molecule has 0 aliphatic rings. The zero-order valence-electron chi connectivity index (χ0n) is 66.0. The van der Waals surface area contributed by atoms with Gasteiger partial charge in [0.15, 0.2) is 6.10 Å². The largest absolute Gasteiger partial charge is 0.472 e. The Bertz CT molecular complexity index is 1810. The van der Waals surface area contributed by atoms with Crippen molar-refractivity contribution in [3.63, 3.8) is 0 Å². The van der Waals surface area contributed by atoms with Gasteiger partial charge in [0.1, 0.15) is 6.61 Å². The maximum atomic E-state index is 12.8. The summed E-state index contributed by atoms with van der Waals surface area (Å²) >= 11 is 0. The van der Waals surface area contributed by atoms with Crippen molar-refractivity contribution in [1.29, 1.82) is 0 Å². The molecule has 10 heteroatoms. The van der Waals surface area contributed by atoms with Crippen LogP contribution in [0.25, 0.3) is 0 Å². The van der Waals surface area contributed by atoms with Gasteiger partial charge in [-0.05, 0) is 57.8 Å². The smallest absolute Gasteiger partial charge is 0.462 e. The van der Waals surface area contributed by atoms with E-state index in [4.69, 9.17) is 24.3 Å². The van der Waals surface area contributed by atoms with E-state index in [2.05, 4.69) is 74.6 Å². The van der Waals surface area contributed by atoms with Gasteiger partial charge in [0.05, 0.1) is 13.2 Å². The third-order valence-corrected chi connectivity index (χ3v) is 20.9. The molecule has 0 aromatic rings. The summed E-state index contributed by atoms with van der Waals surface area (Å²) in [5.41, 5.74) is 5.42. The number of phosphoric acid groups is 1. The lowest BCUT2D eigenvalue weighted by atomic mass is 10.0. The van der Waals surface area contributed by atoms with Crippen LogP contribution in [0.1, 0.15) is 463 Å². The summed E-state index contributed by atoms with van der Waals surface area (Å²) in [6.45, 7) is 3.72. The summed E-state index contributed by atoms with van der Waals surface area (Å²) in [7, 11) is -4.40. The van der Waals surface area contributed by atoms with E-state index in [1.54, 1.807) is 0 Å². The first-order valence-electron chi connectivity index (χ1n) is 43.8. The molecular weight excluding hydrogens is 1240 g/mol. The second-order valence-corrected chi connectivity index (χ2v) is 31.2. The number of esters is 2. The summed E-state index contributed by atoms with van der Waals surface area (Å²) in [6, 6.07) is 0. The highest BCUT2D eigenvalue weighted by molar-refractivity contribution is 7.47. The van der Waals surface area contributed by atoms with Crippen LogP contribution in [0.5, 0.6) is 0 Å². The number of unbranched alkanes of at least 4 members (excludes halogenated alkanes) is 61. The Morgan fingerprint density at radius 3 is 0.828 bits per heavy atom. The van der Waals surface area contributed by atoms with Gasteiger partial charge in [0.2, 0.25) is 0 Å². The number of hydrogen-bond acceptors (Lipinski definition) is 8. The normalized spacial score (nSPS) is 13.1. The maximum Gasteiger partial charge on any atom is 0.472 e. The van der Waals surface area contributed by atoms with Crippen LogP contribution in [0.4, 0.5) is 0 Å². The SMILES string of the molecule is CC/C=C\C/C=C\C/C=C\C/C=C\C/C=C\CCCCCCCCCCCCCCCCCCCCCCCC(=O)OC(COC(=O)CCCCCCCCCCCCCCCCCCCCCCCCCCCCCCCCCCCCCCCCCCC)COP(=O)(O)OCCN. The summed E-state index contributed by atoms with van der Waals surface area (Å²) in [4.78, 5) is 35.5. The van der Waals surface area contributed by atoms with Crippen molar-refractivity contribution in [3.05, 3.63) is 60.8 Å². The van der Waals surface area contributed by atoms with E-state index in [9.17, 15) is 19.0 Å². The van der Waals surface area contributed by atoms with Crippen molar-refractivity contribution in [3.8, 4) is 0 Å². The van der Waals surface area contributed by atoms with Gasteiger partial charge in [-0.2, -0.15) is 0 Å². The first kappa shape index (κ1) is 96.7. The predicted octanol–water partition coefficient (Wildman–Crippen LogP) is 29.7. The fourth-order valence-electron chi connectivity index (χ4n) is 13.5. The molecular formula is C89H168NO8P. The number of carbonyl (C=O) groups is 2. The quantitative estimate of drug-likeness (QED) is 0.0264. The Kier molecular flexibility index (Phi) is 82.7. The van der Waals surface area contributed by atoms with Crippen LogP contribution in [-0.2, 0) is 32.7 Å². The van der Waals surface area contributed by atoms with E-state index in [1.807, 2.05) is 0 Å². The number of rotatable bonds is 84. The molecule has 0 aromatic heterocycles. The number of nitrogens with two attached hydrogens (primary N) is 1. The van der Waals surface area contributed by atoms with E-state index >= 15 is 0 Å². The lowest BCUT2D eigenvalue weighted by molar-refractivity contribution is -0.161. The second kappa shape index (κ2) is 84.6. The molecule has 0 saturated heterocycles. The van der Waals surface area contributed by atoms with Gasteiger partial charge >= 0.3 is 19.8 Å². The van der Waals surface area contributed by atoms with E-state index in [-0.39, 0.29) is 38.6 Å². The van der Waals surface area contributed by atoms with Crippen LogP contribution in [-0.4, -0.2) is 49.3 Å². The van der Waals surface area contributed by atoms with E-state index in [0.717, 1.165) is 64.2 Å². The molecule has 9 nitrogen and oxygen atoms in total. The van der Waals surface area contributed by atoms with Crippen LogP contribution >= 0.6 is 7.82 Å². The average molecular weight is 1410 g/mol. The molecule has 0 rings (SSSR count). The highest BCUT2D eigenvalue weighted by Crippen LogP contribution is 2.43.